The third-order valence-electron chi connectivity index (χ3n) is 5.21. The fraction of sp³-hybridized carbons (Fsp3) is 1.00. The fourth-order valence-corrected chi connectivity index (χ4v) is 5.92. The van der Waals surface area contributed by atoms with E-state index in [0.717, 1.165) is 25.9 Å². The number of rotatable bonds is 2. The van der Waals surface area contributed by atoms with Crippen LogP contribution in [0.3, 0.4) is 0 Å². The van der Waals surface area contributed by atoms with Crippen molar-refractivity contribution >= 4 is 9.84 Å². The van der Waals surface area contributed by atoms with E-state index in [9.17, 15) is 8.42 Å². The van der Waals surface area contributed by atoms with Crippen molar-refractivity contribution < 1.29 is 13.2 Å². The molecule has 2 aliphatic heterocycles. The molecular formula is C14H25NO3S. The first-order valence-corrected chi connectivity index (χ1v) is 9.30. The van der Waals surface area contributed by atoms with Crippen molar-refractivity contribution in [2.24, 2.45) is 11.3 Å². The molecule has 3 fully saturated rings. The first kappa shape index (κ1) is 13.8. The van der Waals surface area contributed by atoms with Crippen molar-refractivity contribution in [1.29, 1.82) is 0 Å². The van der Waals surface area contributed by atoms with Crippen LogP contribution in [0.4, 0.5) is 0 Å². The van der Waals surface area contributed by atoms with Gasteiger partial charge in [0.25, 0.3) is 0 Å². The topological polar surface area (TPSA) is 55.4 Å². The number of sulfone groups is 1. The highest BCUT2D eigenvalue weighted by Gasteiger charge is 2.58. The Balaban J connectivity index is 1.66. The second-order valence-corrected chi connectivity index (χ2v) is 9.25. The summed E-state index contributed by atoms with van der Waals surface area (Å²) in [4.78, 5) is 0. The van der Waals surface area contributed by atoms with E-state index < -0.39 is 9.84 Å². The third kappa shape index (κ3) is 2.45. The second kappa shape index (κ2) is 4.71. The second-order valence-electron chi connectivity index (χ2n) is 7.02. The summed E-state index contributed by atoms with van der Waals surface area (Å²) in [5, 5.41) is 3.64. The molecule has 0 bridgehead atoms. The van der Waals surface area contributed by atoms with Gasteiger partial charge in [0.2, 0.25) is 0 Å². The molecule has 0 aromatic carbocycles. The van der Waals surface area contributed by atoms with E-state index >= 15 is 0 Å². The Morgan fingerprint density at radius 3 is 2.74 bits per heavy atom. The van der Waals surface area contributed by atoms with Crippen molar-refractivity contribution in [3.05, 3.63) is 0 Å². The molecule has 5 heteroatoms. The van der Waals surface area contributed by atoms with Crippen LogP contribution >= 0.6 is 0 Å². The Labute approximate surface area is 116 Å². The Hall–Kier alpha value is -0.130. The zero-order valence-electron chi connectivity index (χ0n) is 11.9. The largest absolute Gasteiger partial charge is 0.377 e. The number of hydrogen-bond donors (Lipinski definition) is 1. The molecule has 1 saturated carbocycles. The maximum absolute atomic E-state index is 11.7. The summed E-state index contributed by atoms with van der Waals surface area (Å²) in [5.41, 5.74) is 0.131. The smallest absolute Gasteiger partial charge is 0.151 e. The Bertz CT molecular complexity index is 446. The molecule has 0 spiro atoms. The lowest BCUT2D eigenvalue weighted by Crippen LogP contribution is -2.71. The van der Waals surface area contributed by atoms with Gasteiger partial charge in [0.05, 0.1) is 17.6 Å². The van der Waals surface area contributed by atoms with Gasteiger partial charge in [0, 0.05) is 30.0 Å². The minimum Gasteiger partial charge on any atom is -0.377 e. The predicted molar refractivity (Wildman–Crippen MR) is 74.8 cm³/mol. The Morgan fingerprint density at radius 2 is 2.00 bits per heavy atom. The maximum Gasteiger partial charge on any atom is 0.151 e. The van der Waals surface area contributed by atoms with Crippen LogP contribution in [-0.4, -0.2) is 44.7 Å². The van der Waals surface area contributed by atoms with Crippen LogP contribution < -0.4 is 5.32 Å². The molecule has 0 radical (unpaired) electrons. The molecule has 4 unspecified atom stereocenters. The first-order chi connectivity index (χ1) is 8.90. The lowest BCUT2D eigenvalue weighted by Gasteiger charge is -2.61. The molecule has 3 rings (SSSR count). The highest BCUT2D eigenvalue weighted by atomic mass is 32.2. The fourth-order valence-electron chi connectivity index (χ4n) is 4.27. The van der Waals surface area contributed by atoms with E-state index in [1.165, 1.54) is 6.42 Å². The summed E-state index contributed by atoms with van der Waals surface area (Å²) in [6.07, 6.45) is 4.50. The van der Waals surface area contributed by atoms with Gasteiger partial charge >= 0.3 is 0 Å². The summed E-state index contributed by atoms with van der Waals surface area (Å²) in [7, 11) is -2.82. The average molecular weight is 287 g/mol. The highest BCUT2D eigenvalue weighted by molar-refractivity contribution is 7.91. The standard InChI is InChI=1S/C14H25NO3S/c1-14(2)12(11-6-3-7-18-13(11)14)15-10-5-4-8-19(16,17)9-10/h10-13,15H,3-9H2,1-2H3. The van der Waals surface area contributed by atoms with Crippen LogP contribution in [0.2, 0.25) is 0 Å². The van der Waals surface area contributed by atoms with Gasteiger partial charge in [-0.1, -0.05) is 13.8 Å². The van der Waals surface area contributed by atoms with Gasteiger partial charge in [0.1, 0.15) is 0 Å². The monoisotopic (exact) mass is 287 g/mol. The lowest BCUT2D eigenvalue weighted by molar-refractivity contribution is -0.194. The molecule has 110 valence electrons. The molecule has 0 aromatic rings. The van der Waals surface area contributed by atoms with Crippen LogP contribution in [0, 0.1) is 11.3 Å². The van der Waals surface area contributed by atoms with E-state index in [0.29, 0.717) is 29.6 Å². The van der Waals surface area contributed by atoms with Gasteiger partial charge in [-0.05, 0) is 25.7 Å². The Morgan fingerprint density at radius 1 is 1.21 bits per heavy atom. The third-order valence-corrected chi connectivity index (χ3v) is 7.03. The van der Waals surface area contributed by atoms with Crippen molar-refractivity contribution in [2.45, 2.75) is 57.7 Å². The molecule has 0 aromatic heterocycles. The zero-order valence-corrected chi connectivity index (χ0v) is 12.7. The number of fused-ring (bicyclic) bond motifs is 1. The normalized spacial score (nSPS) is 44.1. The molecule has 19 heavy (non-hydrogen) atoms. The van der Waals surface area contributed by atoms with Gasteiger partial charge in [0.15, 0.2) is 9.84 Å². The molecular weight excluding hydrogens is 262 g/mol. The quantitative estimate of drug-likeness (QED) is 0.833. The lowest BCUT2D eigenvalue weighted by atomic mass is 9.55. The van der Waals surface area contributed by atoms with Crippen LogP contribution in [0.5, 0.6) is 0 Å². The van der Waals surface area contributed by atoms with Crippen molar-refractivity contribution in [1.82, 2.24) is 5.32 Å². The zero-order chi connectivity index (χ0) is 13.7. The molecule has 2 saturated heterocycles. The van der Waals surface area contributed by atoms with Gasteiger partial charge < -0.3 is 10.1 Å². The van der Waals surface area contributed by atoms with Crippen LogP contribution in [0.1, 0.15) is 39.5 Å². The van der Waals surface area contributed by atoms with E-state index in [1.54, 1.807) is 0 Å². The van der Waals surface area contributed by atoms with Crippen LogP contribution in [0.15, 0.2) is 0 Å². The van der Waals surface area contributed by atoms with Gasteiger partial charge in [-0.3, -0.25) is 0 Å². The highest BCUT2D eigenvalue weighted by Crippen LogP contribution is 2.51. The van der Waals surface area contributed by atoms with E-state index in [1.807, 2.05) is 0 Å². The molecule has 0 amide bonds. The minimum absolute atomic E-state index is 0.131. The van der Waals surface area contributed by atoms with Crippen molar-refractivity contribution in [2.75, 3.05) is 18.1 Å². The van der Waals surface area contributed by atoms with Gasteiger partial charge in [-0.15, -0.1) is 0 Å². The van der Waals surface area contributed by atoms with Crippen molar-refractivity contribution in [3.63, 3.8) is 0 Å². The average Bonchev–Trinajstić information content (AvgIpc) is 2.35. The minimum atomic E-state index is -2.82. The summed E-state index contributed by atoms with van der Waals surface area (Å²) in [6, 6.07) is 0.557. The predicted octanol–water partition coefficient (Wildman–Crippen LogP) is 1.36. The summed E-state index contributed by atoms with van der Waals surface area (Å²) >= 11 is 0. The number of hydrogen-bond acceptors (Lipinski definition) is 4. The molecule has 4 nitrogen and oxygen atoms in total. The Kier molecular flexibility index (Phi) is 3.43. The molecule has 2 heterocycles. The molecule has 4 atom stereocenters. The van der Waals surface area contributed by atoms with E-state index in [-0.39, 0.29) is 11.5 Å². The van der Waals surface area contributed by atoms with Crippen molar-refractivity contribution in [3.8, 4) is 0 Å². The number of nitrogens with one attached hydrogen (secondary N) is 1. The van der Waals surface area contributed by atoms with Gasteiger partial charge in [-0.25, -0.2) is 8.42 Å². The summed E-state index contributed by atoms with van der Waals surface area (Å²) in [5.74, 6) is 1.26. The summed E-state index contributed by atoms with van der Waals surface area (Å²) in [6.45, 7) is 5.37. The van der Waals surface area contributed by atoms with E-state index in [2.05, 4.69) is 19.2 Å². The maximum atomic E-state index is 11.7. The van der Waals surface area contributed by atoms with Gasteiger partial charge in [-0.2, -0.15) is 0 Å². The number of ether oxygens (including phenoxy) is 1. The molecule has 1 aliphatic carbocycles. The van der Waals surface area contributed by atoms with E-state index in [4.69, 9.17) is 4.74 Å². The van der Waals surface area contributed by atoms with Crippen LogP contribution in [0.25, 0.3) is 0 Å². The summed E-state index contributed by atoms with van der Waals surface area (Å²) < 4.78 is 29.4. The molecule has 1 N–H and O–H groups in total. The molecule has 3 aliphatic rings. The van der Waals surface area contributed by atoms with Crippen LogP contribution in [-0.2, 0) is 14.6 Å². The SMILES string of the molecule is CC1(C)C(NC2CCCS(=O)(=O)C2)C2CCCOC21. The first-order valence-electron chi connectivity index (χ1n) is 7.48.